The summed E-state index contributed by atoms with van der Waals surface area (Å²) >= 11 is 0. The summed E-state index contributed by atoms with van der Waals surface area (Å²) < 4.78 is 10.0. The van der Waals surface area contributed by atoms with Crippen LogP contribution < -0.4 is 16.0 Å². The lowest BCUT2D eigenvalue weighted by atomic mass is 10.1. The van der Waals surface area contributed by atoms with Crippen LogP contribution in [-0.2, 0) is 14.3 Å². The second-order valence-electron chi connectivity index (χ2n) is 5.01. The van der Waals surface area contributed by atoms with E-state index in [0.717, 1.165) is 0 Å². The van der Waals surface area contributed by atoms with Gasteiger partial charge in [0.15, 0.2) is 5.76 Å². The quantitative estimate of drug-likeness (QED) is 0.653. The van der Waals surface area contributed by atoms with Crippen LogP contribution in [0.5, 0.6) is 0 Å². The number of furan rings is 1. The molecule has 2 rings (SSSR count). The Kier molecular flexibility index (Phi) is 6.49. The van der Waals surface area contributed by atoms with Gasteiger partial charge in [-0.3, -0.25) is 19.7 Å². The molecule has 0 fully saturated rings. The van der Waals surface area contributed by atoms with E-state index in [0.29, 0.717) is 5.56 Å². The number of esters is 1. The number of benzene rings is 1. The van der Waals surface area contributed by atoms with E-state index in [-0.39, 0.29) is 5.76 Å². The van der Waals surface area contributed by atoms with E-state index in [1.54, 1.807) is 30.3 Å². The van der Waals surface area contributed by atoms with Crippen LogP contribution in [0.4, 0.5) is 4.79 Å². The molecule has 0 bridgehead atoms. The van der Waals surface area contributed by atoms with Crippen molar-refractivity contribution in [3.63, 3.8) is 0 Å². The zero-order valence-electron chi connectivity index (χ0n) is 13.9. The minimum atomic E-state index is -1.35. The summed E-state index contributed by atoms with van der Waals surface area (Å²) in [6.45, 7) is -0.476. The third kappa shape index (κ3) is 5.20. The van der Waals surface area contributed by atoms with Gasteiger partial charge in [0, 0.05) is 12.6 Å². The van der Waals surface area contributed by atoms with Crippen LogP contribution in [-0.4, -0.2) is 37.4 Å². The predicted octanol–water partition coefficient (Wildman–Crippen LogP) is 0.750. The summed E-state index contributed by atoms with van der Waals surface area (Å²) in [5.41, 5.74) is 0.375. The maximum atomic E-state index is 12.2. The molecule has 1 heterocycles. The van der Waals surface area contributed by atoms with Gasteiger partial charge in [-0.15, -0.1) is 0 Å². The van der Waals surface area contributed by atoms with Crippen LogP contribution in [0.1, 0.15) is 22.2 Å². The molecule has 3 N–H and O–H groups in total. The maximum absolute atomic E-state index is 12.2. The average molecular weight is 359 g/mol. The lowest BCUT2D eigenvalue weighted by molar-refractivity contribution is -0.155. The molecule has 0 radical (unpaired) electrons. The smallest absolute Gasteiger partial charge is 0.326 e. The fraction of sp³-hybridized carbons (Fsp3) is 0.176. The summed E-state index contributed by atoms with van der Waals surface area (Å²) in [6.07, 6.45) is -0.0246. The molecule has 1 atom stereocenters. The molecule has 26 heavy (non-hydrogen) atoms. The number of carbonyl (C=O) groups excluding carboxylic acids is 4. The predicted molar refractivity (Wildman–Crippen MR) is 88.9 cm³/mol. The summed E-state index contributed by atoms with van der Waals surface area (Å²) in [5, 5.41) is 6.60. The highest BCUT2D eigenvalue weighted by atomic mass is 16.5. The van der Waals surface area contributed by atoms with Gasteiger partial charge in [-0.25, -0.2) is 4.79 Å². The van der Waals surface area contributed by atoms with Crippen molar-refractivity contribution < 1.29 is 28.3 Å². The van der Waals surface area contributed by atoms with Crippen molar-refractivity contribution in [2.75, 3.05) is 13.6 Å². The third-order valence-corrected chi connectivity index (χ3v) is 3.19. The number of hydrogen-bond donors (Lipinski definition) is 3. The number of ether oxygens (including phenoxy) is 1. The topological polar surface area (TPSA) is 127 Å². The maximum Gasteiger partial charge on any atom is 0.326 e. The summed E-state index contributed by atoms with van der Waals surface area (Å²) in [5.74, 6) is -2.24. The molecule has 2 aromatic rings. The van der Waals surface area contributed by atoms with E-state index in [4.69, 9.17) is 9.15 Å². The Morgan fingerprint density at radius 1 is 1.08 bits per heavy atom. The van der Waals surface area contributed by atoms with E-state index in [9.17, 15) is 19.2 Å². The lowest BCUT2D eigenvalue weighted by Crippen LogP contribution is -2.42. The van der Waals surface area contributed by atoms with Crippen LogP contribution >= 0.6 is 0 Å². The Hall–Kier alpha value is -3.62. The number of hydrogen-bond acceptors (Lipinski definition) is 6. The molecule has 0 aliphatic carbocycles. The van der Waals surface area contributed by atoms with Gasteiger partial charge in [-0.1, -0.05) is 30.3 Å². The van der Waals surface area contributed by atoms with Crippen molar-refractivity contribution in [3.8, 4) is 0 Å². The molecule has 9 nitrogen and oxygen atoms in total. The highest BCUT2D eigenvalue weighted by Gasteiger charge is 2.26. The first-order valence-electron chi connectivity index (χ1n) is 7.60. The number of carbonyl (C=O) groups is 4. The van der Waals surface area contributed by atoms with Crippen molar-refractivity contribution in [1.29, 1.82) is 0 Å². The van der Waals surface area contributed by atoms with Gasteiger partial charge in [-0.05, 0) is 12.1 Å². The van der Waals surface area contributed by atoms with Crippen LogP contribution in [0.2, 0.25) is 0 Å². The van der Waals surface area contributed by atoms with Crippen molar-refractivity contribution in [1.82, 2.24) is 16.0 Å². The molecule has 0 aliphatic rings. The Bertz CT molecular complexity index is 773. The SMILES string of the molecule is CNC(=O)NC(=O)[C@@H](OC(=O)CNC(=O)c1ccco1)c1ccccc1. The minimum Gasteiger partial charge on any atom is -0.459 e. The summed E-state index contributed by atoms with van der Waals surface area (Å²) in [7, 11) is 1.34. The van der Waals surface area contributed by atoms with E-state index in [1.165, 1.54) is 25.4 Å². The molecule has 0 saturated heterocycles. The standard InChI is InChI=1S/C17H17N3O6/c1-18-17(24)20-16(23)14(11-6-3-2-4-7-11)26-13(21)10-19-15(22)12-8-5-9-25-12/h2-9,14H,10H2,1H3,(H,19,22)(H2,18,20,23,24)/t14-/m0/s1. The number of amides is 4. The Morgan fingerprint density at radius 3 is 2.42 bits per heavy atom. The van der Waals surface area contributed by atoms with E-state index >= 15 is 0 Å². The molecule has 0 aliphatic heterocycles. The van der Waals surface area contributed by atoms with Gasteiger partial charge in [0.25, 0.3) is 11.8 Å². The monoisotopic (exact) mass is 359 g/mol. The van der Waals surface area contributed by atoms with Gasteiger partial charge < -0.3 is 19.8 Å². The fourth-order valence-electron chi connectivity index (χ4n) is 1.96. The Balaban J connectivity index is 2.01. The van der Waals surface area contributed by atoms with Crippen molar-refractivity contribution in [2.24, 2.45) is 0 Å². The molecule has 0 unspecified atom stereocenters. The third-order valence-electron chi connectivity index (χ3n) is 3.19. The zero-order valence-corrected chi connectivity index (χ0v) is 13.9. The Morgan fingerprint density at radius 2 is 1.81 bits per heavy atom. The highest BCUT2D eigenvalue weighted by Crippen LogP contribution is 2.17. The van der Waals surface area contributed by atoms with Crippen LogP contribution in [0.3, 0.4) is 0 Å². The number of urea groups is 1. The molecule has 1 aromatic heterocycles. The van der Waals surface area contributed by atoms with Crippen LogP contribution in [0.25, 0.3) is 0 Å². The first-order chi connectivity index (χ1) is 12.5. The van der Waals surface area contributed by atoms with Gasteiger partial charge in [0.1, 0.15) is 6.54 Å². The fourth-order valence-corrected chi connectivity index (χ4v) is 1.96. The van der Waals surface area contributed by atoms with Crippen LogP contribution in [0.15, 0.2) is 53.1 Å². The number of imide groups is 1. The molecule has 9 heteroatoms. The molecule has 4 amide bonds. The molecular weight excluding hydrogens is 342 g/mol. The summed E-state index contributed by atoms with van der Waals surface area (Å²) in [6, 6.07) is 10.4. The average Bonchev–Trinajstić information content (AvgIpc) is 3.19. The van der Waals surface area contributed by atoms with Gasteiger partial charge in [0.2, 0.25) is 6.10 Å². The number of nitrogens with one attached hydrogen (secondary N) is 3. The Labute approximate surface area is 148 Å². The second kappa shape index (κ2) is 9.02. The van der Waals surface area contributed by atoms with Gasteiger partial charge >= 0.3 is 12.0 Å². The van der Waals surface area contributed by atoms with Crippen molar-refractivity contribution >= 4 is 23.8 Å². The molecule has 1 aromatic carbocycles. The molecule has 136 valence electrons. The number of rotatable bonds is 6. The lowest BCUT2D eigenvalue weighted by Gasteiger charge is -2.17. The zero-order chi connectivity index (χ0) is 18.9. The highest BCUT2D eigenvalue weighted by molar-refractivity contribution is 5.98. The molecular formula is C17H17N3O6. The molecule has 0 spiro atoms. The van der Waals surface area contributed by atoms with E-state index in [2.05, 4.69) is 16.0 Å². The normalized spacial score (nSPS) is 11.1. The first kappa shape index (κ1) is 18.7. The largest absolute Gasteiger partial charge is 0.459 e. The minimum absolute atomic E-state index is 0.0368. The van der Waals surface area contributed by atoms with Gasteiger partial charge in [-0.2, -0.15) is 0 Å². The molecule has 0 saturated carbocycles. The van der Waals surface area contributed by atoms with E-state index < -0.39 is 36.5 Å². The van der Waals surface area contributed by atoms with Crippen molar-refractivity contribution in [3.05, 3.63) is 60.1 Å². The van der Waals surface area contributed by atoms with Crippen LogP contribution in [0, 0.1) is 0 Å². The van der Waals surface area contributed by atoms with Gasteiger partial charge in [0.05, 0.1) is 6.26 Å². The summed E-state index contributed by atoms with van der Waals surface area (Å²) in [4.78, 5) is 47.3. The van der Waals surface area contributed by atoms with Crippen molar-refractivity contribution in [2.45, 2.75) is 6.10 Å². The first-order valence-corrected chi connectivity index (χ1v) is 7.60. The second-order valence-corrected chi connectivity index (χ2v) is 5.01. The van der Waals surface area contributed by atoms with E-state index in [1.807, 2.05) is 0 Å².